The van der Waals surface area contributed by atoms with Crippen LogP contribution in [-0.2, 0) is 0 Å². The summed E-state index contributed by atoms with van der Waals surface area (Å²) in [5, 5.41) is 24.0. The predicted octanol–water partition coefficient (Wildman–Crippen LogP) is 3.39. The third kappa shape index (κ3) is 3.26. The van der Waals surface area contributed by atoms with Crippen LogP contribution in [0.1, 0.15) is 11.6 Å². The lowest BCUT2D eigenvalue weighted by Crippen LogP contribution is -2.15. The molecule has 1 unspecified atom stereocenters. The van der Waals surface area contributed by atoms with Gasteiger partial charge in [-0.05, 0) is 23.8 Å². The molecule has 0 amide bonds. The second-order valence-electron chi connectivity index (χ2n) is 4.21. The molecule has 0 saturated carbocycles. The van der Waals surface area contributed by atoms with E-state index in [1.807, 2.05) is 0 Å². The molecular weight excluding hydrogens is 280 g/mol. The fourth-order valence-electron chi connectivity index (χ4n) is 1.87. The Kier molecular flexibility index (Phi) is 4.55. The van der Waals surface area contributed by atoms with Crippen molar-refractivity contribution < 1.29 is 10.0 Å². The molecule has 0 aliphatic rings. The number of nitrogens with one attached hydrogen (secondary N) is 1. The van der Waals surface area contributed by atoms with Gasteiger partial charge < -0.3 is 10.4 Å². The zero-order chi connectivity index (χ0) is 14.5. The summed E-state index contributed by atoms with van der Waals surface area (Å²) in [5.74, 6) is 0. The van der Waals surface area contributed by atoms with Crippen LogP contribution in [0.15, 0.2) is 48.5 Å². The number of benzene rings is 2. The summed E-state index contributed by atoms with van der Waals surface area (Å²) >= 11 is 5.81. The fraction of sp³-hybridized carbons (Fsp3) is 0.143. The van der Waals surface area contributed by atoms with Gasteiger partial charge in [-0.25, -0.2) is 0 Å². The number of halogens is 1. The first kappa shape index (κ1) is 14.3. The number of hydrogen-bond donors (Lipinski definition) is 2. The second kappa shape index (κ2) is 6.36. The predicted molar refractivity (Wildman–Crippen MR) is 78.0 cm³/mol. The Morgan fingerprint density at radius 2 is 1.85 bits per heavy atom. The first-order chi connectivity index (χ1) is 9.61. The van der Waals surface area contributed by atoms with Crippen LogP contribution in [0.4, 0.5) is 11.4 Å². The minimum Gasteiger partial charge on any atom is -0.394 e. The maximum atomic E-state index is 11.0. The largest absolute Gasteiger partial charge is 0.394 e. The molecule has 0 bridgehead atoms. The van der Waals surface area contributed by atoms with Crippen molar-refractivity contribution >= 4 is 23.0 Å². The molecule has 2 aromatic carbocycles. The molecule has 0 spiro atoms. The van der Waals surface area contributed by atoms with Crippen LogP contribution in [0.25, 0.3) is 0 Å². The number of hydrogen-bond acceptors (Lipinski definition) is 4. The molecule has 6 heteroatoms. The summed E-state index contributed by atoms with van der Waals surface area (Å²) in [6.07, 6.45) is 0. The maximum Gasteiger partial charge on any atom is 0.292 e. The summed E-state index contributed by atoms with van der Waals surface area (Å²) in [7, 11) is 0. The fourth-order valence-corrected chi connectivity index (χ4v) is 2.00. The number of nitro benzene ring substituents is 1. The van der Waals surface area contributed by atoms with Gasteiger partial charge in [0.25, 0.3) is 5.69 Å². The number of anilines is 1. The molecule has 2 N–H and O–H groups in total. The lowest BCUT2D eigenvalue weighted by atomic mass is 10.1. The summed E-state index contributed by atoms with van der Waals surface area (Å²) in [6.45, 7) is -0.187. The molecule has 20 heavy (non-hydrogen) atoms. The van der Waals surface area contributed by atoms with E-state index < -0.39 is 11.0 Å². The standard InChI is InChI=1S/C14H13ClN2O3/c15-11-7-5-10(6-8-11)13(9-18)16-12-3-1-2-4-14(12)17(19)20/h1-8,13,16,18H,9H2. The van der Waals surface area contributed by atoms with Crippen molar-refractivity contribution in [2.75, 3.05) is 11.9 Å². The zero-order valence-corrected chi connectivity index (χ0v) is 11.2. The first-order valence-electron chi connectivity index (χ1n) is 5.98. The molecule has 1 atom stereocenters. The van der Waals surface area contributed by atoms with E-state index in [0.717, 1.165) is 5.56 Å². The van der Waals surface area contributed by atoms with Gasteiger partial charge in [0.05, 0.1) is 17.6 Å². The van der Waals surface area contributed by atoms with E-state index in [1.54, 1.807) is 42.5 Å². The number of nitrogens with zero attached hydrogens (tertiary/aromatic N) is 1. The Bertz CT molecular complexity index is 602. The van der Waals surface area contributed by atoms with E-state index in [-0.39, 0.29) is 12.3 Å². The molecule has 104 valence electrons. The highest BCUT2D eigenvalue weighted by Crippen LogP contribution is 2.28. The van der Waals surface area contributed by atoms with E-state index >= 15 is 0 Å². The number of aliphatic hydroxyl groups is 1. The summed E-state index contributed by atoms with van der Waals surface area (Å²) in [5.41, 5.74) is 1.14. The average Bonchev–Trinajstić information content (AvgIpc) is 2.46. The summed E-state index contributed by atoms with van der Waals surface area (Å²) in [4.78, 5) is 10.5. The Hall–Kier alpha value is -2.11. The van der Waals surface area contributed by atoms with E-state index in [0.29, 0.717) is 10.7 Å². The molecule has 0 fully saturated rings. The van der Waals surface area contributed by atoms with Gasteiger partial charge in [-0.3, -0.25) is 10.1 Å². The molecule has 0 saturated heterocycles. The van der Waals surface area contributed by atoms with Crippen LogP contribution < -0.4 is 5.32 Å². The Balaban J connectivity index is 2.27. The normalized spacial score (nSPS) is 11.9. The highest BCUT2D eigenvalue weighted by atomic mass is 35.5. The third-order valence-corrected chi connectivity index (χ3v) is 3.14. The quantitative estimate of drug-likeness (QED) is 0.654. The third-order valence-electron chi connectivity index (χ3n) is 2.89. The van der Waals surface area contributed by atoms with Crippen molar-refractivity contribution in [2.24, 2.45) is 0 Å². The minimum atomic E-state index is -0.460. The van der Waals surface area contributed by atoms with Crippen LogP contribution >= 0.6 is 11.6 Å². The number of rotatable bonds is 5. The van der Waals surface area contributed by atoms with Crippen molar-refractivity contribution in [1.82, 2.24) is 0 Å². The van der Waals surface area contributed by atoms with Gasteiger partial charge in [-0.2, -0.15) is 0 Å². The van der Waals surface area contributed by atoms with Crippen molar-refractivity contribution in [3.63, 3.8) is 0 Å². The Morgan fingerprint density at radius 3 is 2.45 bits per heavy atom. The van der Waals surface area contributed by atoms with Gasteiger partial charge in [0.2, 0.25) is 0 Å². The van der Waals surface area contributed by atoms with Crippen LogP contribution in [0, 0.1) is 10.1 Å². The maximum absolute atomic E-state index is 11.0. The average molecular weight is 293 g/mol. The molecule has 0 aliphatic heterocycles. The monoisotopic (exact) mass is 292 g/mol. The van der Waals surface area contributed by atoms with Gasteiger partial charge in [0.1, 0.15) is 5.69 Å². The zero-order valence-electron chi connectivity index (χ0n) is 10.5. The summed E-state index contributed by atoms with van der Waals surface area (Å²) in [6, 6.07) is 12.8. The van der Waals surface area contributed by atoms with E-state index in [2.05, 4.69) is 5.32 Å². The van der Waals surface area contributed by atoms with Gasteiger partial charge >= 0.3 is 0 Å². The van der Waals surface area contributed by atoms with E-state index in [9.17, 15) is 15.2 Å². The van der Waals surface area contributed by atoms with Gasteiger partial charge in [0, 0.05) is 11.1 Å². The highest BCUT2D eigenvalue weighted by Gasteiger charge is 2.17. The lowest BCUT2D eigenvalue weighted by Gasteiger charge is -2.18. The van der Waals surface area contributed by atoms with Crippen molar-refractivity contribution in [2.45, 2.75) is 6.04 Å². The SMILES string of the molecule is O=[N+]([O-])c1ccccc1NC(CO)c1ccc(Cl)cc1. The lowest BCUT2D eigenvalue weighted by molar-refractivity contribution is -0.384. The summed E-state index contributed by atoms with van der Waals surface area (Å²) < 4.78 is 0. The van der Waals surface area contributed by atoms with Crippen LogP contribution in [0.2, 0.25) is 5.02 Å². The topological polar surface area (TPSA) is 75.4 Å². The van der Waals surface area contributed by atoms with Gasteiger partial charge in [0.15, 0.2) is 0 Å². The number of para-hydroxylation sites is 2. The number of aliphatic hydroxyl groups excluding tert-OH is 1. The molecule has 2 rings (SSSR count). The molecule has 0 heterocycles. The van der Waals surface area contributed by atoms with E-state index in [4.69, 9.17) is 11.6 Å². The second-order valence-corrected chi connectivity index (χ2v) is 4.64. The van der Waals surface area contributed by atoms with Crippen LogP contribution in [0.5, 0.6) is 0 Å². The van der Waals surface area contributed by atoms with Crippen molar-refractivity contribution in [1.29, 1.82) is 0 Å². The van der Waals surface area contributed by atoms with Gasteiger partial charge in [-0.15, -0.1) is 0 Å². The molecule has 0 aliphatic carbocycles. The molecule has 0 aromatic heterocycles. The number of nitro groups is 1. The van der Waals surface area contributed by atoms with Crippen LogP contribution in [0.3, 0.4) is 0 Å². The molecule has 2 aromatic rings. The minimum absolute atomic E-state index is 0.0279. The first-order valence-corrected chi connectivity index (χ1v) is 6.36. The molecule has 0 radical (unpaired) electrons. The molecule has 5 nitrogen and oxygen atoms in total. The van der Waals surface area contributed by atoms with Crippen molar-refractivity contribution in [3.05, 3.63) is 69.2 Å². The Morgan fingerprint density at radius 1 is 1.20 bits per heavy atom. The smallest absolute Gasteiger partial charge is 0.292 e. The van der Waals surface area contributed by atoms with Gasteiger partial charge in [-0.1, -0.05) is 35.9 Å². The van der Waals surface area contributed by atoms with Crippen LogP contribution in [-0.4, -0.2) is 16.6 Å². The van der Waals surface area contributed by atoms with E-state index in [1.165, 1.54) is 6.07 Å². The Labute approximate surface area is 121 Å². The highest BCUT2D eigenvalue weighted by molar-refractivity contribution is 6.30. The molecular formula is C14H13ClN2O3. The van der Waals surface area contributed by atoms with Crippen molar-refractivity contribution in [3.8, 4) is 0 Å².